The Balaban J connectivity index is 2.79. The number of nitrogens with one attached hydrogen (secondary N) is 2. The summed E-state index contributed by atoms with van der Waals surface area (Å²) in [6.45, 7) is 5.31. The van der Waals surface area contributed by atoms with Crippen LogP contribution in [-0.2, 0) is 0 Å². The summed E-state index contributed by atoms with van der Waals surface area (Å²) in [7, 11) is 0. The van der Waals surface area contributed by atoms with Gasteiger partial charge in [0.05, 0.1) is 0 Å². The molecule has 0 radical (unpaired) electrons. The van der Waals surface area contributed by atoms with Crippen LogP contribution in [0.15, 0.2) is 12.1 Å². The van der Waals surface area contributed by atoms with E-state index >= 15 is 0 Å². The lowest BCUT2D eigenvalue weighted by molar-refractivity contribution is 0.244. The van der Waals surface area contributed by atoms with Crippen molar-refractivity contribution in [2.75, 3.05) is 5.32 Å². The number of halogens is 2. The molecule has 17 heavy (non-hydrogen) atoms. The van der Waals surface area contributed by atoms with Gasteiger partial charge in [-0.15, -0.1) is 0 Å². The molecular formula is C11H14F2N2O2. The molecule has 2 amide bonds. The SMILES string of the molecule is CC(C)(C)NC(=O)Nc1cc(F)c(O)c(F)c1. The van der Waals surface area contributed by atoms with Gasteiger partial charge in [0, 0.05) is 23.4 Å². The highest BCUT2D eigenvalue weighted by Gasteiger charge is 2.15. The van der Waals surface area contributed by atoms with Crippen LogP contribution in [0.1, 0.15) is 20.8 Å². The number of carbonyl (C=O) groups is 1. The van der Waals surface area contributed by atoms with Crippen molar-refractivity contribution < 1.29 is 18.7 Å². The summed E-state index contributed by atoms with van der Waals surface area (Å²) in [6, 6.07) is 1.09. The average Bonchev–Trinajstić information content (AvgIpc) is 2.10. The third-order valence-corrected chi connectivity index (χ3v) is 1.76. The van der Waals surface area contributed by atoms with Crippen LogP contribution in [0.5, 0.6) is 5.75 Å². The number of carbonyl (C=O) groups excluding carboxylic acids is 1. The minimum absolute atomic E-state index is 0.0699. The van der Waals surface area contributed by atoms with E-state index in [1.54, 1.807) is 20.8 Å². The maximum absolute atomic E-state index is 13.0. The van der Waals surface area contributed by atoms with Gasteiger partial charge >= 0.3 is 6.03 Å². The number of phenolic OH excluding ortho intramolecular Hbond substituents is 1. The molecule has 0 atom stereocenters. The smallest absolute Gasteiger partial charge is 0.319 e. The summed E-state index contributed by atoms with van der Waals surface area (Å²) in [5.74, 6) is -3.32. The van der Waals surface area contributed by atoms with Crippen molar-refractivity contribution in [2.24, 2.45) is 0 Å². The number of hydrogen-bond acceptors (Lipinski definition) is 2. The molecule has 0 saturated heterocycles. The normalized spacial score (nSPS) is 11.1. The molecule has 0 aromatic heterocycles. The Morgan fingerprint density at radius 1 is 1.24 bits per heavy atom. The first-order chi connectivity index (χ1) is 7.69. The highest BCUT2D eigenvalue weighted by atomic mass is 19.1. The van der Waals surface area contributed by atoms with E-state index in [-0.39, 0.29) is 5.69 Å². The molecule has 0 aliphatic heterocycles. The van der Waals surface area contributed by atoms with E-state index < -0.39 is 29.0 Å². The van der Waals surface area contributed by atoms with Gasteiger partial charge in [0.2, 0.25) is 0 Å². The van der Waals surface area contributed by atoms with Gasteiger partial charge in [-0.2, -0.15) is 0 Å². The molecule has 0 heterocycles. The van der Waals surface area contributed by atoms with Gasteiger partial charge in [-0.25, -0.2) is 13.6 Å². The van der Waals surface area contributed by atoms with Gasteiger partial charge in [-0.3, -0.25) is 0 Å². The Morgan fingerprint density at radius 3 is 2.12 bits per heavy atom. The standard InChI is InChI=1S/C11H14F2N2O2/c1-11(2,3)15-10(17)14-6-4-7(12)9(16)8(13)5-6/h4-5,16H,1-3H3,(H2,14,15,17). The Hall–Kier alpha value is -1.85. The third-order valence-electron chi connectivity index (χ3n) is 1.76. The lowest BCUT2D eigenvalue weighted by atomic mass is 10.1. The quantitative estimate of drug-likeness (QED) is 0.665. The molecular weight excluding hydrogens is 230 g/mol. The van der Waals surface area contributed by atoms with Crippen LogP contribution in [0.2, 0.25) is 0 Å². The predicted molar refractivity (Wildman–Crippen MR) is 59.9 cm³/mol. The molecule has 0 aliphatic carbocycles. The van der Waals surface area contributed by atoms with Gasteiger partial charge in [-0.1, -0.05) is 0 Å². The zero-order chi connectivity index (χ0) is 13.2. The van der Waals surface area contributed by atoms with Crippen LogP contribution in [0, 0.1) is 11.6 Å². The molecule has 1 aromatic carbocycles. The number of rotatable bonds is 1. The first kappa shape index (κ1) is 13.2. The minimum atomic E-state index is -1.13. The Labute approximate surface area is 97.6 Å². The molecule has 94 valence electrons. The monoisotopic (exact) mass is 244 g/mol. The van der Waals surface area contributed by atoms with Crippen molar-refractivity contribution in [1.29, 1.82) is 0 Å². The number of phenols is 1. The van der Waals surface area contributed by atoms with E-state index in [1.807, 2.05) is 0 Å². The molecule has 0 bridgehead atoms. The molecule has 3 N–H and O–H groups in total. The van der Waals surface area contributed by atoms with Crippen molar-refractivity contribution in [2.45, 2.75) is 26.3 Å². The highest BCUT2D eigenvalue weighted by molar-refractivity contribution is 5.89. The van der Waals surface area contributed by atoms with E-state index in [0.717, 1.165) is 12.1 Å². The largest absolute Gasteiger partial charge is 0.503 e. The minimum Gasteiger partial charge on any atom is -0.503 e. The summed E-state index contributed by atoms with van der Waals surface area (Å²) in [4.78, 5) is 11.4. The van der Waals surface area contributed by atoms with Crippen LogP contribution >= 0.6 is 0 Å². The van der Waals surface area contributed by atoms with Crippen LogP contribution in [0.25, 0.3) is 0 Å². The van der Waals surface area contributed by atoms with Crippen LogP contribution in [-0.4, -0.2) is 16.7 Å². The summed E-state index contributed by atoms with van der Waals surface area (Å²) >= 11 is 0. The van der Waals surface area contributed by atoms with Crippen molar-refractivity contribution in [3.63, 3.8) is 0 Å². The Bertz CT molecular complexity index is 419. The summed E-state index contributed by atoms with van der Waals surface area (Å²) < 4.78 is 25.9. The number of benzene rings is 1. The molecule has 0 saturated carbocycles. The predicted octanol–water partition coefficient (Wildman–Crippen LogP) is 2.59. The molecule has 1 rings (SSSR count). The average molecular weight is 244 g/mol. The molecule has 4 nitrogen and oxygen atoms in total. The van der Waals surface area contributed by atoms with Gasteiger partial charge in [0.25, 0.3) is 0 Å². The lowest BCUT2D eigenvalue weighted by Crippen LogP contribution is -2.43. The summed E-state index contributed by atoms with van der Waals surface area (Å²) in [5.41, 5.74) is -0.530. The Kier molecular flexibility index (Phi) is 3.55. The maximum Gasteiger partial charge on any atom is 0.319 e. The number of amides is 2. The fourth-order valence-electron chi connectivity index (χ4n) is 1.14. The maximum atomic E-state index is 13.0. The number of hydrogen-bond donors (Lipinski definition) is 3. The van der Waals surface area contributed by atoms with Crippen molar-refractivity contribution in [3.8, 4) is 5.75 Å². The summed E-state index contributed by atoms with van der Waals surface area (Å²) in [6.07, 6.45) is 0. The lowest BCUT2D eigenvalue weighted by Gasteiger charge is -2.20. The molecule has 6 heteroatoms. The highest BCUT2D eigenvalue weighted by Crippen LogP contribution is 2.24. The zero-order valence-corrected chi connectivity index (χ0v) is 9.77. The van der Waals surface area contributed by atoms with E-state index in [2.05, 4.69) is 10.6 Å². The second kappa shape index (κ2) is 4.57. The molecule has 0 fully saturated rings. The number of anilines is 1. The van der Waals surface area contributed by atoms with E-state index in [0.29, 0.717) is 0 Å². The fraction of sp³-hybridized carbons (Fsp3) is 0.364. The van der Waals surface area contributed by atoms with Crippen LogP contribution in [0.3, 0.4) is 0 Å². The topological polar surface area (TPSA) is 61.4 Å². The van der Waals surface area contributed by atoms with Gasteiger partial charge in [0.1, 0.15) is 0 Å². The summed E-state index contributed by atoms with van der Waals surface area (Å²) in [5, 5.41) is 13.7. The van der Waals surface area contributed by atoms with Gasteiger partial charge in [0.15, 0.2) is 17.4 Å². The van der Waals surface area contributed by atoms with Crippen molar-refractivity contribution in [1.82, 2.24) is 5.32 Å². The second-order valence-corrected chi connectivity index (χ2v) is 4.62. The molecule has 0 spiro atoms. The molecule has 0 unspecified atom stereocenters. The van der Waals surface area contributed by atoms with Crippen LogP contribution in [0.4, 0.5) is 19.3 Å². The van der Waals surface area contributed by atoms with Crippen LogP contribution < -0.4 is 10.6 Å². The van der Waals surface area contributed by atoms with Gasteiger partial charge < -0.3 is 15.7 Å². The van der Waals surface area contributed by atoms with E-state index in [4.69, 9.17) is 5.11 Å². The number of aromatic hydroxyl groups is 1. The molecule has 0 aliphatic rings. The fourth-order valence-corrected chi connectivity index (χ4v) is 1.14. The van der Waals surface area contributed by atoms with E-state index in [9.17, 15) is 13.6 Å². The number of urea groups is 1. The first-order valence-corrected chi connectivity index (χ1v) is 4.96. The zero-order valence-electron chi connectivity index (χ0n) is 9.77. The van der Waals surface area contributed by atoms with E-state index in [1.165, 1.54) is 0 Å². The second-order valence-electron chi connectivity index (χ2n) is 4.62. The third kappa shape index (κ3) is 3.90. The van der Waals surface area contributed by atoms with Crippen molar-refractivity contribution in [3.05, 3.63) is 23.8 Å². The Morgan fingerprint density at radius 2 is 1.71 bits per heavy atom. The molecule has 1 aromatic rings. The van der Waals surface area contributed by atoms with Crippen molar-refractivity contribution >= 4 is 11.7 Å². The van der Waals surface area contributed by atoms with Gasteiger partial charge in [-0.05, 0) is 20.8 Å². The first-order valence-electron chi connectivity index (χ1n) is 4.96.